The molecule has 3 rings (SSSR count). The van der Waals surface area contributed by atoms with Crippen LogP contribution < -0.4 is 5.32 Å². The van der Waals surface area contributed by atoms with E-state index in [-0.39, 0.29) is 23.6 Å². The van der Waals surface area contributed by atoms with Gasteiger partial charge in [-0.05, 0) is 94.8 Å². The van der Waals surface area contributed by atoms with E-state index in [0.717, 1.165) is 12.5 Å². The number of likely N-dealkylation sites (tertiary alicyclic amines) is 1. The van der Waals surface area contributed by atoms with Crippen molar-refractivity contribution < 1.29 is 33.0 Å². The number of nitrogens with one attached hydrogen (secondary N) is 1. The maximum atomic E-state index is 13.8. The highest BCUT2D eigenvalue weighted by atomic mass is 19.1. The number of rotatable bonds is 7. The lowest BCUT2D eigenvalue weighted by Gasteiger charge is -2.31. The average molecular weight is 503 g/mol. The van der Waals surface area contributed by atoms with Crippen LogP contribution in [0.5, 0.6) is 0 Å². The molecule has 1 fully saturated rings. The highest BCUT2D eigenvalue weighted by Gasteiger charge is 2.34. The van der Waals surface area contributed by atoms with Gasteiger partial charge in [-0.3, -0.25) is 4.79 Å². The predicted octanol–water partition coefficient (Wildman–Crippen LogP) is 5.10. The number of carbonyl (C=O) groups excluding carboxylic acids is 2. The van der Waals surface area contributed by atoms with E-state index in [1.54, 1.807) is 38.7 Å². The van der Waals surface area contributed by atoms with E-state index in [0.29, 0.717) is 30.5 Å². The molecular formula is C27H32F2N2O5. The molecule has 36 heavy (non-hydrogen) atoms. The van der Waals surface area contributed by atoms with Gasteiger partial charge in [-0.1, -0.05) is 0 Å². The Balaban J connectivity index is 1.85. The summed E-state index contributed by atoms with van der Waals surface area (Å²) in [6.45, 7) is 7.54. The first kappa shape index (κ1) is 27.1. The maximum absolute atomic E-state index is 13.8. The zero-order valence-electron chi connectivity index (χ0n) is 20.9. The topological polar surface area (TPSA) is 95.9 Å². The third kappa shape index (κ3) is 7.50. The Morgan fingerprint density at radius 2 is 1.72 bits per heavy atom. The first-order valence-electron chi connectivity index (χ1n) is 11.9. The van der Waals surface area contributed by atoms with Crippen molar-refractivity contribution in [3.63, 3.8) is 0 Å². The van der Waals surface area contributed by atoms with Crippen LogP contribution in [0, 0.1) is 18.6 Å². The molecule has 0 aliphatic carbocycles. The Hall–Kier alpha value is -3.49. The highest BCUT2D eigenvalue weighted by Crippen LogP contribution is 2.25. The number of nitrogens with zero attached hydrogens (tertiary/aromatic N) is 1. The van der Waals surface area contributed by atoms with E-state index in [1.165, 1.54) is 24.3 Å². The lowest BCUT2D eigenvalue weighted by Crippen LogP contribution is -2.45. The zero-order valence-corrected chi connectivity index (χ0v) is 20.9. The number of hydrogen-bond donors (Lipinski definition) is 2. The second-order valence-corrected chi connectivity index (χ2v) is 10.3. The van der Waals surface area contributed by atoms with Gasteiger partial charge in [0.15, 0.2) is 0 Å². The quantitative estimate of drug-likeness (QED) is 0.549. The fraction of sp³-hybridized carbons (Fsp3) is 0.444. The van der Waals surface area contributed by atoms with Gasteiger partial charge in [0.1, 0.15) is 17.2 Å². The smallest absolute Gasteiger partial charge is 0.410 e. The number of benzene rings is 2. The minimum absolute atomic E-state index is 0.0178. The average Bonchev–Trinajstić information content (AvgIpc) is 3.19. The predicted molar refractivity (Wildman–Crippen MR) is 130 cm³/mol. The molecular weight excluding hydrogens is 470 g/mol. The van der Waals surface area contributed by atoms with E-state index in [4.69, 9.17) is 4.74 Å². The number of carboxylic acid groups (broad SMARTS) is 1. The van der Waals surface area contributed by atoms with E-state index >= 15 is 0 Å². The number of amides is 2. The molecule has 1 heterocycles. The number of halogens is 2. The molecule has 1 aliphatic heterocycles. The third-order valence-electron chi connectivity index (χ3n) is 5.89. The number of aryl methyl sites for hydroxylation is 1. The van der Waals surface area contributed by atoms with Crippen molar-refractivity contribution in [3.05, 3.63) is 70.3 Å². The molecule has 2 aromatic carbocycles. The Kier molecular flexibility index (Phi) is 8.32. The van der Waals surface area contributed by atoms with Crippen molar-refractivity contribution in [2.45, 2.75) is 71.1 Å². The summed E-state index contributed by atoms with van der Waals surface area (Å²) in [5.41, 5.74) is 0.448. The van der Waals surface area contributed by atoms with Crippen molar-refractivity contribution in [1.82, 2.24) is 10.2 Å². The van der Waals surface area contributed by atoms with Crippen molar-refractivity contribution >= 4 is 18.0 Å². The van der Waals surface area contributed by atoms with Gasteiger partial charge < -0.3 is 20.1 Å². The Bertz CT molecular complexity index is 1130. The molecule has 0 aromatic heterocycles. The van der Waals surface area contributed by atoms with Gasteiger partial charge >= 0.3 is 12.1 Å². The van der Waals surface area contributed by atoms with Gasteiger partial charge in [-0.25, -0.2) is 18.4 Å². The summed E-state index contributed by atoms with van der Waals surface area (Å²) in [5.74, 6) is -3.12. The molecule has 0 spiro atoms. The minimum Gasteiger partial charge on any atom is -0.478 e. The van der Waals surface area contributed by atoms with Gasteiger partial charge in [0.25, 0.3) is 5.91 Å². The molecule has 0 unspecified atom stereocenters. The SMILES string of the molecule is Cc1cc(C(=O)O)cc(C(=O)N[C@@H](Cc2cc(F)cc(F)c2)C[C@H]2CCCN2C(=O)OC(C)(C)C)c1. The Morgan fingerprint density at radius 1 is 1.08 bits per heavy atom. The fourth-order valence-corrected chi connectivity index (χ4v) is 4.48. The van der Waals surface area contributed by atoms with Gasteiger partial charge in [0, 0.05) is 30.3 Å². The molecule has 0 saturated carbocycles. The second-order valence-electron chi connectivity index (χ2n) is 10.3. The Labute approximate surface area is 209 Å². The van der Waals surface area contributed by atoms with Crippen LogP contribution in [0.25, 0.3) is 0 Å². The molecule has 194 valence electrons. The monoisotopic (exact) mass is 502 g/mol. The number of ether oxygens (including phenoxy) is 1. The lowest BCUT2D eigenvalue weighted by molar-refractivity contribution is 0.0213. The molecule has 1 saturated heterocycles. The number of carbonyl (C=O) groups is 3. The van der Waals surface area contributed by atoms with E-state index in [9.17, 15) is 28.3 Å². The summed E-state index contributed by atoms with van der Waals surface area (Å²) in [6.07, 6.45) is 1.46. The van der Waals surface area contributed by atoms with Crippen LogP contribution in [-0.2, 0) is 11.2 Å². The number of hydrogen-bond acceptors (Lipinski definition) is 4. The first-order chi connectivity index (χ1) is 16.8. The summed E-state index contributed by atoms with van der Waals surface area (Å²) in [5, 5.41) is 12.2. The lowest BCUT2D eigenvalue weighted by atomic mass is 9.97. The third-order valence-corrected chi connectivity index (χ3v) is 5.89. The Morgan fingerprint density at radius 3 is 2.33 bits per heavy atom. The minimum atomic E-state index is -1.15. The van der Waals surface area contributed by atoms with Crippen molar-refractivity contribution in [3.8, 4) is 0 Å². The normalized spacial score (nSPS) is 16.5. The molecule has 0 radical (unpaired) electrons. The van der Waals surface area contributed by atoms with E-state index in [1.807, 2.05) is 0 Å². The van der Waals surface area contributed by atoms with Crippen molar-refractivity contribution in [2.24, 2.45) is 0 Å². The van der Waals surface area contributed by atoms with Crippen LogP contribution in [0.15, 0.2) is 36.4 Å². The van der Waals surface area contributed by atoms with E-state index in [2.05, 4.69) is 5.32 Å². The van der Waals surface area contributed by atoms with Crippen LogP contribution in [0.2, 0.25) is 0 Å². The molecule has 2 amide bonds. The summed E-state index contributed by atoms with van der Waals surface area (Å²) in [7, 11) is 0. The van der Waals surface area contributed by atoms with Crippen LogP contribution in [-0.4, -0.2) is 52.2 Å². The summed E-state index contributed by atoms with van der Waals surface area (Å²) < 4.78 is 33.2. The molecule has 1 aliphatic rings. The molecule has 7 nitrogen and oxygen atoms in total. The fourth-order valence-electron chi connectivity index (χ4n) is 4.48. The number of aromatic carboxylic acids is 1. The molecule has 2 N–H and O–H groups in total. The first-order valence-corrected chi connectivity index (χ1v) is 11.9. The largest absolute Gasteiger partial charge is 0.478 e. The van der Waals surface area contributed by atoms with Crippen LogP contribution in [0.3, 0.4) is 0 Å². The zero-order chi connectivity index (χ0) is 26.6. The van der Waals surface area contributed by atoms with Crippen LogP contribution in [0.1, 0.15) is 71.9 Å². The standard InChI is InChI=1S/C27H32F2N2O5/c1-16-8-18(13-19(9-16)25(33)34)24(32)30-22(12-17-10-20(28)14-21(29)11-17)15-23-6-5-7-31(23)26(35)36-27(2,3)4/h8-11,13-14,22-23H,5-7,12,15H2,1-4H3,(H,30,32)(H,33,34)/t22-,23+/m0/s1. The second kappa shape index (κ2) is 11.1. The van der Waals surface area contributed by atoms with Gasteiger partial charge in [-0.15, -0.1) is 0 Å². The van der Waals surface area contributed by atoms with Gasteiger partial charge in [0.05, 0.1) is 5.56 Å². The van der Waals surface area contributed by atoms with Crippen LogP contribution >= 0.6 is 0 Å². The van der Waals surface area contributed by atoms with Crippen molar-refractivity contribution in [2.75, 3.05) is 6.54 Å². The van der Waals surface area contributed by atoms with Gasteiger partial charge in [0.2, 0.25) is 0 Å². The maximum Gasteiger partial charge on any atom is 0.410 e. The van der Waals surface area contributed by atoms with Gasteiger partial charge in [-0.2, -0.15) is 0 Å². The molecule has 0 bridgehead atoms. The summed E-state index contributed by atoms with van der Waals surface area (Å²) in [4.78, 5) is 38.9. The number of carboxylic acids is 1. The molecule has 9 heteroatoms. The summed E-state index contributed by atoms with van der Waals surface area (Å²) >= 11 is 0. The highest BCUT2D eigenvalue weighted by molar-refractivity contribution is 5.98. The van der Waals surface area contributed by atoms with Crippen LogP contribution in [0.4, 0.5) is 13.6 Å². The summed E-state index contributed by atoms with van der Waals surface area (Å²) in [6, 6.07) is 6.68. The molecule has 2 atom stereocenters. The van der Waals surface area contributed by atoms with E-state index < -0.39 is 41.2 Å². The molecule has 2 aromatic rings. The van der Waals surface area contributed by atoms with Crippen molar-refractivity contribution in [1.29, 1.82) is 0 Å².